The number of aryl methyl sites for hydroxylation is 1. The second-order valence-electron chi connectivity index (χ2n) is 6.03. The number of nitrogens with one attached hydrogen (secondary N) is 1. The first kappa shape index (κ1) is 19.7. The average Bonchev–Trinajstić information content (AvgIpc) is 2.63. The molecule has 1 N–H and O–H groups in total. The quantitative estimate of drug-likeness (QED) is 0.702. The van der Waals surface area contributed by atoms with E-state index in [1.54, 1.807) is 11.8 Å². The fourth-order valence-corrected chi connectivity index (χ4v) is 2.63. The molecule has 0 aliphatic carbocycles. The summed E-state index contributed by atoms with van der Waals surface area (Å²) < 4.78 is 5.02. The standard InChI is InChI=1S/C21H26N2O3/c1-3-17-10-12-19(13-11-17)22-20(24)15-23(16-21(25)26-4-2)14-18-8-6-5-7-9-18/h5-13H,3-4,14-16H2,1-2H3,(H,22,24). The van der Waals surface area contributed by atoms with Crippen molar-refractivity contribution in [2.24, 2.45) is 0 Å². The lowest BCUT2D eigenvalue weighted by Crippen LogP contribution is -2.37. The maximum Gasteiger partial charge on any atom is 0.320 e. The van der Waals surface area contributed by atoms with Gasteiger partial charge in [-0.15, -0.1) is 0 Å². The van der Waals surface area contributed by atoms with E-state index in [1.165, 1.54) is 5.56 Å². The molecule has 0 heterocycles. The van der Waals surface area contributed by atoms with Gasteiger partial charge in [-0.05, 0) is 36.6 Å². The van der Waals surface area contributed by atoms with Gasteiger partial charge >= 0.3 is 5.97 Å². The van der Waals surface area contributed by atoms with Crippen LogP contribution in [-0.4, -0.2) is 36.5 Å². The second kappa shape index (κ2) is 10.4. The molecule has 1 amide bonds. The van der Waals surface area contributed by atoms with E-state index in [9.17, 15) is 9.59 Å². The van der Waals surface area contributed by atoms with Crippen molar-refractivity contribution in [1.29, 1.82) is 0 Å². The summed E-state index contributed by atoms with van der Waals surface area (Å²) in [6.45, 7) is 4.88. The Bertz CT molecular complexity index is 699. The Morgan fingerprint density at radius 1 is 0.923 bits per heavy atom. The molecule has 0 atom stereocenters. The largest absolute Gasteiger partial charge is 0.465 e. The Morgan fingerprint density at radius 3 is 2.23 bits per heavy atom. The lowest BCUT2D eigenvalue weighted by Gasteiger charge is -2.21. The maximum atomic E-state index is 12.4. The number of amides is 1. The Labute approximate surface area is 155 Å². The van der Waals surface area contributed by atoms with Crippen molar-refractivity contribution in [2.75, 3.05) is 25.0 Å². The van der Waals surface area contributed by atoms with Gasteiger partial charge in [-0.1, -0.05) is 49.4 Å². The number of esters is 1. The predicted octanol–water partition coefficient (Wildman–Crippen LogP) is 3.25. The van der Waals surface area contributed by atoms with Crippen LogP contribution in [0.15, 0.2) is 54.6 Å². The van der Waals surface area contributed by atoms with Crippen LogP contribution in [0.25, 0.3) is 0 Å². The minimum atomic E-state index is -0.330. The number of hydrogen-bond acceptors (Lipinski definition) is 4. The van der Waals surface area contributed by atoms with Crippen LogP contribution in [0.3, 0.4) is 0 Å². The number of carbonyl (C=O) groups is 2. The van der Waals surface area contributed by atoms with Gasteiger partial charge < -0.3 is 10.1 Å². The van der Waals surface area contributed by atoms with Gasteiger partial charge in [0.25, 0.3) is 0 Å². The van der Waals surface area contributed by atoms with E-state index in [0.29, 0.717) is 13.2 Å². The molecular formula is C21H26N2O3. The highest BCUT2D eigenvalue weighted by Crippen LogP contribution is 2.11. The molecule has 2 aromatic rings. The Kier molecular flexibility index (Phi) is 7.83. The molecule has 0 spiro atoms. The van der Waals surface area contributed by atoms with Gasteiger partial charge in [-0.3, -0.25) is 14.5 Å². The Balaban J connectivity index is 1.98. The zero-order valence-corrected chi connectivity index (χ0v) is 15.4. The maximum absolute atomic E-state index is 12.4. The summed E-state index contributed by atoms with van der Waals surface area (Å²) in [6.07, 6.45) is 0.957. The van der Waals surface area contributed by atoms with Crippen LogP contribution in [0.5, 0.6) is 0 Å². The molecule has 2 aromatic carbocycles. The van der Waals surface area contributed by atoms with Crippen LogP contribution in [0.4, 0.5) is 5.69 Å². The second-order valence-corrected chi connectivity index (χ2v) is 6.03. The van der Waals surface area contributed by atoms with Crippen molar-refractivity contribution in [3.8, 4) is 0 Å². The molecule has 0 radical (unpaired) electrons. The first-order valence-corrected chi connectivity index (χ1v) is 8.91. The highest BCUT2D eigenvalue weighted by atomic mass is 16.5. The molecular weight excluding hydrogens is 328 g/mol. The number of carbonyl (C=O) groups excluding carboxylic acids is 2. The van der Waals surface area contributed by atoms with Gasteiger partial charge in [0.05, 0.1) is 19.7 Å². The van der Waals surface area contributed by atoms with E-state index < -0.39 is 0 Å². The highest BCUT2D eigenvalue weighted by Gasteiger charge is 2.16. The van der Waals surface area contributed by atoms with Crippen molar-refractivity contribution in [2.45, 2.75) is 26.8 Å². The van der Waals surface area contributed by atoms with Crippen LogP contribution in [0.2, 0.25) is 0 Å². The summed E-state index contributed by atoms with van der Waals surface area (Å²) in [5, 5.41) is 2.88. The predicted molar refractivity (Wildman–Crippen MR) is 103 cm³/mol. The van der Waals surface area contributed by atoms with Gasteiger partial charge in [-0.2, -0.15) is 0 Å². The molecule has 26 heavy (non-hydrogen) atoms. The van der Waals surface area contributed by atoms with Gasteiger partial charge in [-0.25, -0.2) is 0 Å². The van der Waals surface area contributed by atoms with Crippen LogP contribution in [-0.2, 0) is 27.3 Å². The van der Waals surface area contributed by atoms with Crippen molar-refractivity contribution in [1.82, 2.24) is 4.90 Å². The first-order valence-electron chi connectivity index (χ1n) is 8.91. The normalized spacial score (nSPS) is 10.6. The Morgan fingerprint density at radius 2 is 1.62 bits per heavy atom. The third-order valence-corrected chi connectivity index (χ3v) is 3.92. The summed E-state index contributed by atoms with van der Waals surface area (Å²) in [7, 11) is 0. The van der Waals surface area contributed by atoms with Crippen molar-refractivity contribution < 1.29 is 14.3 Å². The van der Waals surface area contributed by atoms with Crippen LogP contribution in [0, 0.1) is 0 Å². The molecule has 0 aliphatic rings. The summed E-state index contributed by atoms with van der Waals surface area (Å²) in [5.74, 6) is -0.488. The molecule has 2 rings (SSSR count). The van der Waals surface area contributed by atoms with Crippen LogP contribution >= 0.6 is 0 Å². The minimum absolute atomic E-state index is 0.0743. The lowest BCUT2D eigenvalue weighted by molar-refractivity contribution is -0.144. The molecule has 5 heteroatoms. The van der Waals surface area contributed by atoms with Crippen molar-refractivity contribution >= 4 is 17.6 Å². The number of benzene rings is 2. The number of rotatable bonds is 9. The molecule has 5 nitrogen and oxygen atoms in total. The van der Waals surface area contributed by atoms with E-state index in [1.807, 2.05) is 54.6 Å². The molecule has 0 aliphatic heterocycles. The Hall–Kier alpha value is -2.66. The zero-order valence-electron chi connectivity index (χ0n) is 15.4. The number of hydrogen-bond donors (Lipinski definition) is 1. The fraction of sp³-hybridized carbons (Fsp3) is 0.333. The minimum Gasteiger partial charge on any atom is -0.465 e. The number of nitrogens with zero attached hydrogens (tertiary/aromatic N) is 1. The third kappa shape index (κ3) is 6.69. The lowest BCUT2D eigenvalue weighted by atomic mass is 10.1. The van der Waals surface area contributed by atoms with E-state index >= 15 is 0 Å². The first-order chi connectivity index (χ1) is 12.6. The van der Waals surface area contributed by atoms with Crippen LogP contribution in [0.1, 0.15) is 25.0 Å². The van der Waals surface area contributed by atoms with Crippen molar-refractivity contribution in [3.63, 3.8) is 0 Å². The molecule has 0 aromatic heterocycles. The smallest absolute Gasteiger partial charge is 0.320 e. The van der Waals surface area contributed by atoms with Gasteiger partial charge in [0, 0.05) is 12.2 Å². The van der Waals surface area contributed by atoms with E-state index in [2.05, 4.69) is 12.2 Å². The third-order valence-electron chi connectivity index (χ3n) is 3.92. The fourth-order valence-electron chi connectivity index (χ4n) is 2.63. The number of ether oxygens (including phenoxy) is 1. The van der Waals surface area contributed by atoms with Gasteiger partial charge in [0.1, 0.15) is 0 Å². The van der Waals surface area contributed by atoms with E-state index in [-0.39, 0.29) is 25.0 Å². The average molecular weight is 354 g/mol. The molecule has 0 fully saturated rings. The molecule has 0 saturated heterocycles. The SMILES string of the molecule is CCOC(=O)CN(CC(=O)Nc1ccc(CC)cc1)Cc1ccccc1. The summed E-state index contributed by atoms with van der Waals surface area (Å²) in [6, 6.07) is 17.5. The number of anilines is 1. The summed E-state index contributed by atoms with van der Waals surface area (Å²) >= 11 is 0. The zero-order chi connectivity index (χ0) is 18.8. The highest BCUT2D eigenvalue weighted by molar-refractivity contribution is 5.92. The molecule has 0 bridgehead atoms. The van der Waals surface area contributed by atoms with Crippen LogP contribution < -0.4 is 5.32 Å². The van der Waals surface area contributed by atoms with E-state index in [0.717, 1.165) is 17.7 Å². The summed E-state index contributed by atoms with van der Waals surface area (Å²) in [4.78, 5) is 26.0. The van der Waals surface area contributed by atoms with E-state index in [4.69, 9.17) is 4.74 Å². The topological polar surface area (TPSA) is 58.6 Å². The molecule has 0 saturated carbocycles. The monoisotopic (exact) mass is 354 g/mol. The molecule has 0 unspecified atom stereocenters. The van der Waals surface area contributed by atoms with Crippen molar-refractivity contribution in [3.05, 3.63) is 65.7 Å². The molecule has 138 valence electrons. The van der Waals surface area contributed by atoms with Gasteiger partial charge in [0.2, 0.25) is 5.91 Å². The van der Waals surface area contributed by atoms with Gasteiger partial charge in [0.15, 0.2) is 0 Å². The summed E-state index contributed by atoms with van der Waals surface area (Å²) in [5.41, 5.74) is 3.01.